The predicted molar refractivity (Wildman–Crippen MR) is 102 cm³/mol. The van der Waals surface area contributed by atoms with E-state index in [4.69, 9.17) is 20.5 Å². The average Bonchev–Trinajstić information content (AvgIpc) is 2.69. The molecular formula is C17H22N8O4. The van der Waals surface area contributed by atoms with Crippen LogP contribution >= 0.6 is 0 Å². The molecule has 1 aromatic rings. The lowest BCUT2D eigenvalue weighted by atomic mass is 9.92. The van der Waals surface area contributed by atoms with E-state index in [-0.39, 0.29) is 19.1 Å². The minimum absolute atomic E-state index is 0.00839. The van der Waals surface area contributed by atoms with Gasteiger partial charge < -0.3 is 20.1 Å². The number of ether oxygens (including phenoxy) is 2. The van der Waals surface area contributed by atoms with Gasteiger partial charge in [0.1, 0.15) is 0 Å². The zero-order valence-electron chi connectivity index (χ0n) is 16.0. The standard InChI is InChI=1S/C17H22N8O4/c1-10(26)20-8-13-14(22-24-18)15(23-25-19)16(21-11(2)27)17(29-13)28-9-12-6-4-3-5-7-12/h3-7,13-17H,8-9H2,1-2H3,(H,20,26)(H,21,27)/t13-,14+,15+,16+,17-/m1/s1. The minimum Gasteiger partial charge on any atom is -0.354 e. The zero-order chi connectivity index (χ0) is 21.2. The van der Waals surface area contributed by atoms with Gasteiger partial charge in [0, 0.05) is 30.2 Å². The summed E-state index contributed by atoms with van der Waals surface area (Å²) in [6, 6.07) is 6.46. The highest BCUT2D eigenvalue weighted by Crippen LogP contribution is 2.28. The normalized spacial score (nSPS) is 25.8. The Morgan fingerprint density at radius 3 is 2.34 bits per heavy atom. The van der Waals surface area contributed by atoms with Gasteiger partial charge in [-0.3, -0.25) is 9.59 Å². The number of carbonyl (C=O) groups excluding carboxylic acids is 2. The number of carbonyl (C=O) groups is 2. The molecule has 29 heavy (non-hydrogen) atoms. The molecular weight excluding hydrogens is 380 g/mol. The third-order valence-electron chi connectivity index (χ3n) is 4.25. The van der Waals surface area contributed by atoms with Gasteiger partial charge in [-0.1, -0.05) is 40.6 Å². The second kappa shape index (κ2) is 10.9. The van der Waals surface area contributed by atoms with E-state index in [0.717, 1.165) is 5.56 Å². The Morgan fingerprint density at radius 1 is 1.10 bits per heavy atom. The molecule has 5 atom stereocenters. The van der Waals surface area contributed by atoms with E-state index < -0.39 is 36.4 Å². The Bertz CT molecular complexity index is 807. The van der Waals surface area contributed by atoms with Crippen molar-refractivity contribution in [3.8, 4) is 0 Å². The van der Waals surface area contributed by atoms with E-state index in [9.17, 15) is 9.59 Å². The van der Waals surface area contributed by atoms with Gasteiger partial charge in [0.2, 0.25) is 11.8 Å². The second-order valence-electron chi connectivity index (χ2n) is 6.39. The van der Waals surface area contributed by atoms with Crippen LogP contribution in [0.1, 0.15) is 19.4 Å². The fourth-order valence-electron chi connectivity index (χ4n) is 3.03. The average molecular weight is 402 g/mol. The van der Waals surface area contributed by atoms with E-state index in [0.29, 0.717) is 0 Å². The Morgan fingerprint density at radius 2 is 1.76 bits per heavy atom. The summed E-state index contributed by atoms with van der Waals surface area (Å²) in [5.74, 6) is -0.704. The summed E-state index contributed by atoms with van der Waals surface area (Å²) in [6.45, 7) is 2.81. The van der Waals surface area contributed by atoms with Gasteiger partial charge in [0.05, 0.1) is 30.8 Å². The number of nitrogens with one attached hydrogen (secondary N) is 2. The SMILES string of the molecule is CC(=O)NC[C@H]1O[C@@H](OCc2ccccc2)[C@@H](NC(C)=O)[C@@H](N=[N+]=[N-])[C@H]1N=[N+]=[N-]. The molecule has 2 rings (SSSR count). The molecule has 0 spiro atoms. The summed E-state index contributed by atoms with van der Waals surface area (Å²) in [5, 5.41) is 12.7. The van der Waals surface area contributed by atoms with E-state index in [1.165, 1.54) is 13.8 Å². The van der Waals surface area contributed by atoms with E-state index in [1.54, 1.807) is 0 Å². The topological polar surface area (TPSA) is 174 Å². The quantitative estimate of drug-likeness (QED) is 0.384. The number of azide groups is 2. The third-order valence-corrected chi connectivity index (χ3v) is 4.25. The summed E-state index contributed by atoms with van der Waals surface area (Å²) in [5.41, 5.74) is 18.8. The van der Waals surface area contributed by atoms with Crippen LogP contribution in [0.2, 0.25) is 0 Å². The maximum atomic E-state index is 11.7. The van der Waals surface area contributed by atoms with Crippen LogP contribution in [-0.4, -0.2) is 48.9 Å². The first-order valence-electron chi connectivity index (χ1n) is 8.87. The van der Waals surface area contributed by atoms with Gasteiger partial charge in [-0.05, 0) is 16.6 Å². The monoisotopic (exact) mass is 402 g/mol. The number of benzene rings is 1. The van der Waals surface area contributed by atoms with E-state index >= 15 is 0 Å². The fourth-order valence-corrected chi connectivity index (χ4v) is 3.03. The molecule has 0 radical (unpaired) electrons. The summed E-state index contributed by atoms with van der Waals surface area (Å²) < 4.78 is 11.8. The molecule has 1 aromatic carbocycles. The van der Waals surface area contributed by atoms with Crippen LogP contribution in [0.15, 0.2) is 40.6 Å². The molecule has 1 saturated heterocycles. The summed E-state index contributed by atoms with van der Waals surface area (Å²) in [7, 11) is 0. The highest BCUT2D eigenvalue weighted by molar-refractivity contribution is 5.73. The van der Waals surface area contributed by atoms with Crippen LogP contribution < -0.4 is 10.6 Å². The van der Waals surface area contributed by atoms with Crippen LogP contribution in [0.25, 0.3) is 20.9 Å². The molecule has 1 heterocycles. The first-order chi connectivity index (χ1) is 14.0. The summed E-state index contributed by atoms with van der Waals surface area (Å²) in [6.07, 6.45) is -1.82. The van der Waals surface area contributed by atoms with Crippen LogP contribution in [-0.2, 0) is 25.7 Å². The molecule has 2 N–H and O–H groups in total. The molecule has 0 unspecified atom stereocenters. The lowest BCUT2D eigenvalue weighted by molar-refractivity contribution is -0.220. The predicted octanol–water partition coefficient (Wildman–Crippen LogP) is 1.93. The maximum absolute atomic E-state index is 11.7. The number of hydrogen-bond acceptors (Lipinski definition) is 6. The number of amides is 2. The van der Waals surface area contributed by atoms with Crippen LogP contribution in [0.4, 0.5) is 0 Å². The lowest BCUT2D eigenvalue weighted by Gasteiger charge is -2.43. The smallest absolute Gasteiger partial charge is 0.217 e. The second-order valence-corrected chi connectivity index (χ2v) is 6.39. The molecule has 154 valence electrons. The molecule has 12 heteroatoms. The molecule has 1 aliphatic heterocycles. The minimum atomic E-state index is -1.00. The van der Waals surface area contributed by atoms with Crippen molar-refractivity contribution in [1.82, 2.24) is 10.6 Å². The van der Waals surface area contributed by atoms with Crippen molar-refractivity contribution >= 4 is 11.8 Å². The van der Waals surface area contributed by atoms with Gasteiger partial charge in [-0.25, -0.2) is 0 Å². The molecule has 1 fully saturated rings. The Labute approximate surface area is 166 Å². The van der Waals surface area contributed by atoms with Crippen molar-refractivity contribution in [1.29, 1.82) is 0 Å². The molecule has 0 bridgehead atoms. The molecule has 1 aliphatic rings. The first-order valence-corrected chi connectivity index (χ1v) is 8.87. The highest BCUT2D eigenvalue weighted by atomic mass is 16.7. The van der Waals surface area contributed by atoms with Gasteiger partial charge >= 0.3 is 0 Å². The van der Waals surface area contributed by atoms with Crippen molar-refractivity contribution in [3.63, 3.8) is 0 Å². The summed E-state index contributed by atoms with van der Waals surface area (Å²) >= 11 is 0. The van der Waals surface area contributed by atoms with Gasteiger partial charge in [-0.15, -0.1) is 0 Å². The molecule has 2 amide bonds. The lowest BCUT2D eigenvalue weighted by Crippen LogP contribution is -2.64. The van der Waals surface area contributed by atoms with Gasteiger partial charge in [0.25, 0.3) is 0 Å². The molecule has 0 aromatic heterocycles. The zero-order valence-corrected chi connectivity index (χ0v) is 16.0. The molecule has 12 nitrogen and oxygen atoms in total. The van der Waals surface area contributed by atoms with Crippen LogP contribution in [0.3, 0.4) is 0 Å². The van der Waals surface area contributed by atoms with Crippen molar-refractivity contribution in [2.45, 2.75) is 51.0 Å². The maximum Gasteiger partial charge on any atom is 0.217 e. The van der Waals surface area contributed by atoms with E-state index in [1.807, 2.05) is 30.3 Å². The van der Waals surface area contributed by atoms with Crippen molar-refractivity contribution in [2.24, 2.45) is 10.2 Å². The molecule has 0 aliphatic carbocycles. The third kappa shape index (κ3) is 6.37. The Balaban J connectivity index is 2.32. The number of hydrogen-bond donors (Lipinski definition) is 2. The highest BCUT2D eigenvalue weighted by Gasteiger charge is 2.46. The van der Waals surface area contributed by atoms with Gasteiger partial charge in [0.15, 0.2) is 6.29 Å². The summed E-state index contributed by atoms with van der Waals surface area (Å²) in [4.78, 5) is 28.7. The number of nitrogens with zero attached hydrogens (tertiary/aromatic N) is 6. The van der Waals surface area contributed by atoms with Gasteiger partial charge in [-0.2, -0.15) is 0 Å². The first kappa shape index (κ1) is 22.0. The molecule has 0 saturated carbocycles. The fraction of sp³-hybridized carbons (Fsp3) is 0.529. The Hall–Kier alpha value is -3.30. The largest absolute Gasteiger partial charge is 0.354 e. The Kier molecular flexibility index (Phi) is 8.26. The van der Waals surface area contributed by atoms with Crippen molar-refractivity contribution < 1.29 is 19.1 Å². The van der Waals surface area contributed by atoms with Crippen molar-refractivity contribution in [3.05, 3.63) is 56.8 Å². The van der Waals surface area contributed by atoms with Crippen molar-refractivity contribution in [2.75, 3.05) is 6.54 Å². The number of rotatable bonds is 8. The van der Waals surface area contributed by atoms with E-state index in [2.05, 4.69) is 30.7 Å². The van der Waals surface area contributed by atoms with Crippen LogP contribution in [0, 0.1) is 0 Å². The van der Waals surface area contributed by atoms with Crippen LogP contribution in [0.5, 0.6) is 0 Å².